The summed E-state index contributed by atoms with van der Waals surface area (Å²) in [5.41, 5.74) is 0.711. The first-order chi connectivity index (χ1) is 10.9. The molecule has 0 aliphatic heterocycles. The SMILES string of the molecule is COc1cc(Nc2cc(NC(C)C)nc(C)n2)c(OC)cc1Cl. The second-order valence-corrected chi connectivity index (χ2v) is 5.70. The van der Waals surface area contributed by atoms with E-state index in [1.165, 1.54) is 0 Å². The van der Waals surface area contributed by atoms with Crippen molar-refractivity contribution in [2.45, 2.75) is 26.8 Å². The quantitative estimate of drug-likeness (QED) is 0.830. The summed E-state index contributed by atoms with van der Waals surface area (Å²) in [4.78, 5) is 8.76. The fraction of sp³-hybridized carbons (Fsp3) is 0.375. The third-order valence-electron chi connectivity index (χ3n) is 3.01. The summed E-state index contributed by atoms with van der Waals surface area (Å²) in [5, 5.41) is 6.97. The Hall–Kier alpha value is -2.21. The number of rotatable bonds is 6. The van der Waals surface area contributed by atoms with Crippen molar-refractivity contribution in [2.24, 2.45) is 0 Å². The molecule has 23 heavy (non-hydrogen) atoms. The van der Waals surface area contributed by atoms with Crippen molar-refractivity contribution < 1.29 is 9.47 Å². The number of hydrogen-bond donors (Lipinski definition) is 2. The first-order valence-electron chi connectivity index (χ1n) is 7.23. The molecule has 7 heteroatoms. The fourth-order valence-corrected chi connectivity index (χ4v) is 2.33. The van der Waals surface area contributed by atoms with Crippen molar-refractivity contribution >= 4 is 28.9 Å². The first kappa shape index (κ1) is 17.1. The van der Waals surface area contributed by atoms with E-state index in [1.807, 2.05) is 13.0 Å². The number of nitrogens with zero attached hydrogens (tertiary/aromatic N) is 2. The zero-order chi connectivity index (χ0) is 17.0. The van der Waals surface area contributed by atoms with Crippen LogP contribution in [0.15, 0.2) is 18.2 Å². The number of methoxy groups -OCH3 is 2. The number of ether oxygens (including phenoxy) is 2. The average Bonchev–Trinajstić information content (AvgIpc) is 2.47. The van der Waals surface area contributed by atoms with Crippen molar-refractivity contribution in [2.75, 3.05) is 24.9 Å². The van der Waals surface area contributed by atoms with Crippen LogP contribution in [0.2, 0.25) is 5.02 Å². The van der Waals surface area contributed by atoms with E-state index in [1.54, 1.807) is 26.4 Å². The van der Waals surface area contributed by atoms with Gasteiger partial charge in [0.15, 0.2) is 0 Å². The van der Waals surface area contributed by atoms with Gasteiger partial charge in [-0.3, -0.25) is 0 Å². The van der Waals surface area contributed by atoms with Gasteiger partial charge >= 0.3 is 0 Å². The van der Waals surface area contributed by atoms with Crippen LogP contribution in [-0.4, -0.2) is 30.2 Å². The zero-order valence-corrected chi connectivity index (χ0v) is 14.7. The van der Waals surface area contributed by atoms with Gasteiger partial charge in [0.2, 0.25) is 0 Å². The van der Waals surface area contributed by atoms with Crippen LogP contribution in [0.4, 0.5) is 17.3 Å². The molecule has 0 atom stereocenters. The van der Waals surface area contributed by atoms with Gasteiger partial charge in [-0.25, -0.2) is 9.97 Å². The standard InChI is InChI=1S/C16H21ClN4O2/c1-9(2)18-15-8-16(20-10(3)19-15)21-12-7-13(22-4)11(17)6-14(12)23-5/h6-9H,1-5H3,(H2,18,19,20,21). The van der Waals surface area contributed by atoms with Crippen LogP contribution in [0.1, 0.15) is 19.7 Å². The molecule has 0 spiro atoms. The molecule has 0 aliphatic carbocycles. The number of hydrogen-bond acceptors (Lipinski definition) is 6. The maximum absolute atomic E-state index is 6.12. The molecule has 0 aliphatic rings. The Kier molecular flexibility index (Phi) is 5.50. The number of aryl methyl sites for hydroxylation is 1. The minimum Gasteiger partial charge on any atom is -0.495 e. The smallest absolute Gasteiger partial charge is 0.144 e. The van der Waals surface area contributed by atoms with Gasteiger partial charge in [-0.05, 0) is 20.8 Å². The summed E-state index contributed by atoms with van der Waals surface area (Å²) in [6.07, 6.45) is 0. The van der Waals surface area contributed by atoms with E-state index in [9.17, 15) is 0 Å². The van der Waals surface area contributed by atoms with Crippen LogP contribution in [0, 0.1) is 6.92 Å². The maximum Gasteiger partial charge on any atom is 0.144 e. The van der Waals surface area contributed by atoms with Crippen molar-refractivity contribution in [3.63, 3.8) is 0 Å². The summed E-state index contributed by atoms with van der Waals surface area (Å²) >= 11 is 6.12. The van der Waals surface area contributed by atoms with Crippen molar-refractivity contribution in [3.8, 4) is 11.5 Å². The first-order valence-corrected chi connectivity index (χ1v) is 7.61. The molecule has 0 saturated heterocycles. The molecule has 1 aromatic heterocycles. The number of anilines is 3. The van der Waals surface area contributed by atoms with E-state index in [0.717, 1.165) is 5.82 Å². The predicted molar refractivity (Wildman–Crippen MR) is 93.4 cm³/mol. The van der Waals surface area contributed by atoms with Gasteiger partial charge in [0, 0.05) is 24.2 Å². The highest BCUT2D eigenvalue weighted by Crippen LogP contribution is 2.37. The lowest BCUT2D eigenvalue weighted by molar-refractivity contribution is 0.405. The molecule has 2 rings (SSSR count). The topological polar surface area (TPSA) is 68.3 Å². The lowest BCUT2D eigenvalue weighted by Crippen LogP contribution is -2.12. The Morgan fingerprint density at radius 1 is 1.00 bits per heavy atom. The molecular weight excluding hydrogens is 316 g/mol. The molecule has 1 aromatic carbocycles. The van der Waals surface area contributed by atoms with Gasteiger partial charge in [0.05, 0.1) is 24.9 Å². The van der Waals surface area contributed by atoms with Crippen LogP contribution < -0.4 is 20.1 Å². The van der Waals surface area contributed by atoms with Crippen molar-refractivity contribution in [1.29, 1.82) is 0 Å². The fourth-order valence-electron chi connectivity index (χ4n) is 2.10. The number of aromatic nitrogens is 2. The van der Waals surface area contributed by atoms with Crippen LogP contribution in [-0.2, 0) is 0 Å². The molecular formula is C16H21ClN4O2. The van der Waals surface area contributed by atoms with Crippen molar-refractivity contribution in [1.82, 2.24) is 9.97 Å². The predicted octanol–water partition coefficient (Wildman–Crippen LogP) is 4.02. The molecule has 0 fully saturated rings. The number of halogens is 1. The molecule has 2 aromatic rings. The summed E-state index contributed by atoms with van der Waals surface area (Å²) in [7, 11) is 3.15. The molecule has 0 bridgehead atoms. The highest BCUT2D eigenvalue weighted by Gasteiger charge is 2.12. The zero-order valence-electron chi connectivity index (χ0n) is 13.9. The van der Waals surface area contributed by atoms with Crippen LogP contribution in [0.3, 0.4) is 0 Å². The Morgan fingerprint density at radius 3 is 2.26 bits per heavy atom. The largest absolute Gasteiger partial charge is 0.495 e. The van der Waals surface area contributed by atoms with E-state index in [2.05, 4.69) is 34.4 Å². The molecule has 0 radical (unpaired) electrons. The van der Waals surface area contributed by atoms with E-state index < -0.39 is 0 Å². The average molecular weight is 337 g/mol. The van der Waals surface area contributed by atoms with Crippen LogP contribution in [0.5, 0.6) is 11.5 Å². The van der Waals surface area contributed by atoms with Crippen LogP contribution >= 0.6 is 11.6 Å². The molecule has 1 heterocycles. The Morgan fingerprint density at radius 2 is 1.65 bits per heavy atom. The molecule has 124 valence electrons. The van der Waals surface area contributed by atoms with E-state index >= 15 is 0 Å². The van der Waals surface area contributed by atoms with Gasteiger partial charge in [-0.1, -0.05) is 11.6 Å². The lowest BCUT2D eigenvalue weighted by atomic mass is 10.2. The van der Waals surface area contributed by atoms with Crippen molar-refractivity contribution in [3.05, 3.63) is 29.0 Å². The Bertz CT molecular complexity index is 692. The lowest BCUT2D eigenvalue weighted by Gasteiger charge is -2.15. The van der Waals surface area contributed by atoms with E-state index in [-0.39, 0.29) is 6.04 Å². The summed E-state index contributed by atoms with van der Waals surface area (Å²) in [6.45, 7) is 5.95. The Labute approximate surface area is 141 Å². The summed E-state index contributed by atoms with van der Waals surface area (Å²) in [5.74, 6) is 3.24. The highest BCUT2D eigenvalue weighted by molar-refractivity contribution is 6.32. The molecule has 2 N–H and O–H groups in total. The maximum atomic E-state index is 6.12. The second kappa shape index (κ2) is 7.37. The minimum atomic E-state index is 0.280. The third-order valence-corrected chi connectivity index (χ3v) is 3.31. The minimum absolute atomic E-state index is 0.280. The van der Waals surface area contributed by atoms with Crippen LogP contribution in [0.25, 0.3) is 0 Å². The highest BCUT2D eigenvalue weighted by atomic mass is 35.5. The van der Waals surface area contributed by atoms with Gasteiger partial charge < -0.3 is 20.1 Å². The van der Waals surface area contributed by atoms with E-state index in [0.29, 0.717) is 33.9 Å². The number of nitrogens with one attached hydrogen (secondary N) is 2. The van der Waals surface area contributed by atoms with E-state index in [4.69, 9.17) is 21.1 Å². The molecule has 0 amide bonds. The Balaban J connectivity index is 2.36. The molecule has 0 saturated carbocycles. The normalized spacial score (nSPS) is 10.6. The summed E-state index contributed by atoms with van der Waals surface area (Å²) in [6, 6.07) is 5.59. The monoisotopic (exact) mass is 336 g/mol. The molecule has 6 nitrogen and oxygen atoms in total. The van der Waals surface area contributed by atoms with Gasteiger partial charge in [0.1, 0.15) is 29.0 Å². The molecule has 0 unspecified atom stereocenters. The number of benzene rings is 1. The summed E-state index contributed by atoms with van der Waals surface area (Å²) < 4.78 is 10.6. The van der Waals surface area contributed by atoms with Gasteiger partial charge in [-0.2, -0.15) is 0 Å². The third kappa shape index (κ3) is 4.39. The second-order valence-electron chi connectivity index (χ2n) is 5.30. The van der Waals surface area contributed by atoms with Gasteiger partial charge in [-0.15, -0.1) is 0 Å². The van der Waals surface area contributed by atoms with Gasteiger partial charge in [0.25, 0.3) is 0 Å².